The summed E-state index contributed by atoms with van der Waals surface area (Å²) < 4.78 is 1.09. The summed E-state index contributed by atoms with van der Waals surface area (Å²) in [4.78, 5) is 4.36. The molecular weight excluding hydrogens is 290 g/mol. The Hall–Kier alpha value is -1.42. The van der Waals surface area contributed by atoms with Crippen molar-refractivity contribution in [1.29, 1.82) is 0 Å². The SMILES string of the molecule is Cc1ccc(CC(O)c2cnc3ccsc3c2)c(Cl)c1. The maximum absolute atomic E-state index is 10.4. The molecule has 0 saturated heterocycles. The molecule has 0 amide bonds. The zero-order valence-electron chi connectivity index (χ0n) is 11.0. The van der Waals surface area contributed by atoms with Gasteiger partial charge in [0, 0.05) is 23.2 Å². The Labute approximate surface area is 126 Å². The fourth-order valence-corrected chi connectivity index (χ4v) is 3.29. The maximum atomic E-state index is 10.4. The van der Waals surface area contributed by atoms with Crippen LogP contribution >= 0.6 is 22.9 Å². The van der Waals surface area contributed by atoms with Gasteiger partial charge in [-0.05, 0) is 41.6 Å². The second-order valence-corrected chi connectivity index (χ2v) is 6.24. The summed E-state index contributed by atoms with van der Waals surface area (Å²) in [6, 6.07) is 9.88. The Morgan fingerprint density at radius 2 is 2.15 bits per heavy atom. The quantitative estimate of drug-likeness (QED) is 0.771. The number of rotatable bonds is 3. The number of nitrogens with zero attached hydrogens (tertiary/aromatic N) is 1. The first-order chi connectivity index (χ1) is 9.63. The number of hydrogen-bond acceptors (Lipinski definition) is 3. The molecule has 2 aromatic heterocycles. The lowest BCUT2D eigenvalue weighted by Crippen LogP contribution is -2.03. The standard InChI is InChI=1S/C16H14ClNOS/c1-10-2-3-11(13(17)6-10)7-15(19)12-8-16-14(18-9-12)4-5-20-16/h2-6,8-9,15,19H,7H2,1H3. The molecule has 0 spiro atoms. The Bertz CT molecular complexity index is 753. The molecule has 2 nitrogen and oxygen atoms in total. The number of aryl methyl sites for hydroxylation is 1. The van der Waals surface area contributed by atoms with E-state index in [1.165, 1.54) is 0 Å². The molecule has 3 aromatic rings. The van der Waals surface area contributed by atoms with Gasteiger partial charge in [-0.2, -0.15) is 0 Å². The van der Waals surface area contributed by atoms with E-state index in [2.05, 4.69) is 4.98 Å². The van der Waals surface area contributed by atoms with Gasteiger partial charge in [0.1, 0.15) is 0 Å². The van der Waals surface area contributed by atoms with Crippen LogP contribution in [0.4, 0.5) is 0 Å². The van der Waals surface area contributed by atoms with Crippen molar-refractivity contribution in [1.82, 2.24) is 4.98 Å². The van der Waals surface area contributed by atoms with Crippen LogP contribution in [0, 0.1) is 6.92 Å². The van der Waals surface area contributed by atoms with Gasteiger partial charge in [0.2, 0.25) is 0 Å². The van der Waals surface area contributed by atoms with Crippen molar-refractivity contribution in [3.05, 3.63) is 63.6 Å². The van der Waals surface area contributed by atoms with Crippen LogP contribution in [0.1, 0.15) is 22.8 Å². The van der Waals surface area contributed by atoms with Crippen LogP contribution in [-0.4, -0.2) is 10.1 Å². The summed E-state index contributed by atoms with van der Waals surface area (Å²) in [6.45, 7) is 2.00. The van der Waals surface area contributed by atoms with Gasteiger partial charge < -0.3 is 5.11 Å². The highest BCUT2D eigenvalue weighted by atomic mass is 35.5. The topological polar surface area (TPSA) is 33.1 Å². The first-order valence-electron chi connectivity index (χ1n) is 6.40. The summed E-state index contributed by atoms with van der Waals surface area (Å²) in [5.41, 5.74) is 3.88. The second kappa shape index (κ2) is 5.52. The van der Waals surface area contributed by atoms with Crippen LogP contribution < -0.4 is 0 Å². The third kappa shape index (κ3) is 2.70. The molecule has 1 N–H and O–H groups in total. The molecule has 0 aliphatic heterocycles. The molecule has 0 fully saturated rings. The third-order valence-corrected chi connectivity index (χ3v) is 4.54. The first kappa shape index (κ1) is 13.6. The monoisotopic (exact) mass is 303 g/mol. The summed E-state index contributed by atoms with van der Waals surface area (Å²) in [6.07, 6.45) is 1.65. The molecule has 4 heteroatoms. The number of thiophene rings is 1. The molecule has 0 saturated carbocycles. The Balaban J connectivity index is 1.86. The lowest BCUT2D eigenvalue weighted by molar-refractivity contribution is 0.178. The van der Waals surface area contributed by atoms with E-state index >= 15 is 0 Å². The van der Waals surface area contributed by atoms with Gasteiger partial charge in [0.05, 0.1) is 16.3 Å². The van der Waals surface area contributed by atoms with E-state index in [1.807, 2.05) is 42.6 Å². The summed E-state index contributed by atoms with van der Waals surface area (Å²) in [5, 5.41) is 13.1. The predicted octanol–water partition coefficient (Wildman–Crippen LogP) is 4.53. The van der Waals surface area contributed by atoms with Crippen molar-refractivity contribution in [3.8, 4) is 0 Å². The Morgan fingerprint density at radius 1 is 1.30 bits per heavy atom. The summed E-state index contributed by atoms with van der Waals surface area (Å²) in [7, 11) is 0. The minimum absolute atomic E-state index is 0.498. The van der Waals surface area contributed by atoms with Crippen LogP contribution in [0.25, 0.3) is 10.2 Å². The maximum Gasteiger partial charge on any atom is 0.0846 e. The molecule has 2 heterocycles. The van der Waals surface area contributed by atoms with E-state index in [-0.39, 0.29) is 0 Å². The van der Waals surface area contributed by atoms with E-state index in [1.54, 1.807) is 17.5 Å². The molecule has 3 rings (SSSR count). The van der Waals surface area contributed by atoms with Crippen molar-refractivity contribution in [3.63, 3.8) is 0 Å². The highest BCUT2D eigenvalue weighted by molar-refractivity contribution is 7.17. The number of fused-ring (bicyclic) bond motifs is 1. The van der Waals surface area contributed by atoms with Gasteiger partial charge in [-0.15, -0.1) is 11.3 Å². The predicted molar refractivity (Wildman–Crippen MR) is 84.5 cm³/mol. The van der Waals surface area contributed by atoms with E-state index in [0.29, 0.717) is 11.4 Å². The number of aliphatic hydroxyl groups excluding tert-OH is 1. The number of pyridine rings is 1. The normalized spacial score (nSPS) is 12.8. The third-order valence-electron chi connectivity index (χ3n) is 3.33. The van der Waals surface area contributed by atoms with Crippen molar-refractivity contribution in [2.24, 2.45) is 0 Å². The molecule has 1 unspecified atom stereocenters. The minimum atomic E-state index is -0.589. The van der Waals surface area contributed by atoms with Crippen LogP contribution in [-0.2, 0) is 6.42 Å². The minimum Gasteiger partial charge on any atom is -0.388 e. The van der Waals surface area contributed by atoms with Crippen molar-refractivity contribution >= 4 is 33.2 Å². The van der Waals surface area contributed by atoms with Gasteiger partial charge in [-0.25, -0.2) is 0 Å². The van der Waals surface area contributed by atoms with Gasteiger partial charge >= 0.3 is 0 Å². The second-order valence-electron chi connectivity index (χ2n) is 4.89. The van der Waals surface area contributed by atoms with Crippen LogP contribution in [0.2, 0.25) is 5.02 Å². The number of benzene rings is 1. The van der Waals surface area contributed by atoms with Gasteiger partial charge in [0.25, 0.3) is 0 Å². The largest absolute Gasteiger partial charge is 0.388 e. The summed E-state index contributed by atoms with van der Waals surface area (Å²) in [5.74, 6) is 0. The number of aliphatic hydroxyl groups is 1. The number of halogens is 1. The van der Waals surface area contributed by atoms with Crippen molar-refractivity contribution in [2.75, 3.05) is 0 Å². The van der Waals surface area contributed by atoms with E-state index in [0.717, 1.165) is 26.9 Å². The highest BCUT2D eigenvalue weighted by Gasteiger charge is 2.12. The molecule has 102 valence electrons. The highest BCUT2D eigenvalue weighted by Crippen LogP contribution is 2.27. The zero-order chi connectivity index (χ0) is 14.1. The zero-order valence-corrected chi connectivity index (χ0v) is 12.6. The van der Waals surface area contributed by atoms with E-state index in [4.69, 9.17) is 11.6 Å². The van der Waals surface area contributed by atoms with Crippen LogP contribution in [0.5, 0.6) is 0 Å². The molecule has 0 aliphatic rings. The van der Waals surface area contributed by atoms with E-state index < -0.39 is 6.10 Å². The molecule has 0 aliphatic carbocycles. The molecular formula is C16H14ClNOS. The molecule has 1 atom stereocenters. The van der Waals surface area contributed by atoms with Crippen LogP contribution in [0.3, 0.4) is 0 Å². The molecule has 1 aromatic carbocycles. The fourth-order valence-electron chi connectivity index (χ4n) is 2.19. The average Bonchev–Trinajstić information content (AvgIpc) is 2.89. The van der Waals surface area contributed by atoms with Gasteiger partial charge in [-0.3, -0.25) is 4.98 Å². The van der Waals surface area contributed by atoms with Crippen molar-refractivity contribution < 1.29 is 5.11 Å². The fraction of sp³-hybridized carbons (Fsp3) is 0.188. The molecule has 0 bridgehead atoms. The van der Waals surface area contributed by atoms with Gasteiger partial charge in [0.15, 0.2) is 0 Å². The average molecular weight is 304 g/mol. The Kier molecular flexibility index (Phi) is 3.74. The molecule has 20 heavy (non-hydrogen) atoms. The van der Waals surface area contributed by atoms with Crippen molar-refractivity contribution in [2.45, 2.75) is 19.4 Å². The lowest BCUT2D eigenvalue weighted by atomic mass is 10.0. The Morgan fingerprint density at radius 3 is 2.95 bits per heavy atom. The number of aromatic nitrogens is 1. The van der Waals surface area contributed by atoms with Crippen LogP contribution in [0.15, 0.2) is 41.9 Å². The summed E-state index contributed by atoms with van der Waals surface area (Å²) >= 11 is 7.84. The van der Waals surface area contributed by atoms with E-state index in [9.17, 15) is 5.11 Å². The lowest BCUT2D eigenvalue weighted by Gasteiger charge is -2.12. The first-order valence-corrected chi connectivity index (χ1v) is 7.65. The smallest absolute Gasteiger partial charge is 0.0846 e. The van der Waals surface area contributed by atoms with Gasteiger partial charge in [-0.1, -0.05) is 23.7 Å². The molecule has 0 radical (unpaired) electrons. The number of hydrogen-bond donors (Lipinski definition) is 1.